The lowest BCUT2D eigenvalue weighted by atomic mass is 10.2. The minimum absolute atomic E-state index is 0.0957. The fourth-order valence-electron chi connectivity index (χ4n) is 4.14. The van der Waals surface area contributed by atoms with E-state index in [1.54, 1.807) is 16.8 Å². The van der Waals surface area contributed by atoms with E-state index in [1.165, 1.54) is 11.3 Å². The lowest BCUT2D eigenvalue weighted by molar-refractivity contribution is 0.0768. The smallest absolute Gasteiger partial charge is 0.259 e. The van der Waals surface area contributed by atoms with Crippen molar-refractivity contribution >= 4 is 28.1 Å². The number of carbonyl (C=O) groups is 1. The molecule has 7 nitrogen and oxygen atoms in total. The Morgan fingerprint density at radius 1 is 1.00 bits per heavy atom. The average molecular weight is 401 g/mol. The van der Waals surface area contributed by atoms with E-state index in [0.29, 0.717) is 35.2 Å². The van der Waals surface area contributed by atoms with Crippen molar-refractivity contribution in [2.75, 3.05) is 31.1 Å². The zero-order chi connectivity index (χ0) is 20.7. The van der Waals surface area contributed by atoms with Gasteiger partial charge in [-0.1, -0.05) is 29.8 Å². The van der Waals surface area contributed by atoms with Crippen molar-refractivity contribution in [2.24, 2.45) is 0 Å². The zero-order valence-corrected chi connectivity index (χ0v) is 16.8. The summed E-state index contributed by atoms with van der Waals surface area (Å²) in [6.45, 7) is 5.06. The fourth-order valence-corrected chi connectivity index (χ4v) is 4.14. The molecule has 0 saturated carbocycles. The summed E-state index contributed by atoms with van der Waals surface area (Å²) in [7, 11) is 0. The van der Waals surface area contributed by atoms with Crippen molar-refractivity contribution in [2.45, 2.75) is 13.3 Å². The van der Waals surface area contributed by atoms with Gasteiger partial charge in [0.05, 0.1) is 17.1 Å². The van der Waals surface area contributed by atoms with E-state index in [9.17, 15) is 9.59 Å². The summed E-state index contributed by atoms with van der Waals surface area (Å²) in [5.41, 5.74) is 3.78. The van der Waals surface area contributed by atoms with Crippen LogP contribution < -0.4 is 10.5 Å². The molecule has 2 aromatic carbocycles. The first-order chi connectivity index (χ1) is 14.6. The molecule has 0 radical (unpaired) electrons. The first-order valence-electron chi connectivity index (χ1n) is 10.2. The second kappa shape index (κ2) is 7.33. The molecular formula is C23H23N5O2. The normalized spacial score (nSPS) is 15.0. The summed E-state index contributed by atoms with van der Waals surface area (Å²) in [5, 5.41) is 4.94. The summed E-state index contributed by atoms with van der Waals surface area (Å²) >= 11 is 0. The standard InChI is InChI=1S/C23H23N5O2/c1-16-7-9-17(10-8-16)26-11-4-12-27(14-13-26)23(30)19-15-24-28-20-6-3-2-5-18(20)22(29)25-21(19)28/h2-3,5-10,15H,4,11-14H2,1H3,(H,25,29). The number of anilines is 1. The quantitative estimate of drug-likeness (QED) is 0.561. The number of hydrogen-bond acceptors (Lipinski definition) is 4. The summed E-state index contributed by atoms with van der Waals surface area (Å²) in [5.74, 6) is -0.0957. The highest BCUT2D eigenvalue weighted by molar-refractivity contribution is 6.00. The lowest BCUT2D eigenvalue weighted by Crippen LogP contribution is -2.35. The van der Waals surface area contributed by atoms with Gasteiger partial charge in [-0.2, -0.15) is 5.10 Å². The van der Waals surface area contributed by atoms with E-state index < -0.39 is 0 Å². The highest BCUT2D eigenvalue weighted by Crippen LogP contribution is 2.20. The van der Waals surface area contributed by atoms with Gasteiger partial charge in [-0.05, 0) is 37.6 Å². The maximum absolute atomic E-state index is 13.3. The molecule has 1 fully saturated rings. The number of carbonyl (C=O) groups excluding carboxylic acids is 1. The number of para-hydroxylation sites is 1. The predicted molar refractivity (Wildman–Crippen MR) is 117 cm³/mol. The highest BCUT2D eigenvalue weighted by Gasteiger charge is 2.24. The number of benzene rings is 2. The van der Waals surface area contributed by atoms with E-state index in [4.69, 9.17) is 0 Å². The van der Waals surface area contributed by atoms with Crippen LogP contribution in [0.3, 0.4) is 0 Å². The van der Waals surface area contributed by atoms with Gasteiger partial charge in [0.1, 0.15) is 11.2 Å². The van der Waals surface area contributed by atoms with Crippen molar-refractivity contribution in [3.05, 3.63) is 76.2 Å². The Morgan fingerprint density at radius 3 is 2.63 bits per heavy atom. The molecule has 1 amide bonds. The van der Waals surface area contributed by atoms with Crippen LogP contribution in [0.1, 0.15) is 22.3 Å². The number of hydrogen-bond donors (Lipinski definition) is 1. The van der Waals surface area contributed by atoms with Crippen LogP contribution in [0, 0.1) is 6.92 Å². The minimum atomic E-state index is -0.214. The number of rotatable bonds is 2. The van der Waals surface area contributed by atoms with Gasteiger partial charge < -0.3 is 14.8 Å². The Balaban J connectivity index is 1.43. The maximum atomic E-state index is 13.3. The van der Waals surface area contributed by atoms with Crippen molar-refractivity contribution < 1.29 is 4.79 Å². The Hall–Kier alpha value is -3.61. The van der Waals surface area contributed by atoms with Crippen LogP contribution in [-0.4, -0.2) is 51.6 Å². The number of aromatic amines is 1. The fraction of sp³-hybridized carbons (Fsp3) is 0.261. The van der Waals surface area contributed by atoms with Gasteiger partial charge in [0.2, 0.25) is 0 Å². The average Bonchev–Trinajstić information content (AvgIpc) is 3.03. The minimum Gasteiger partial charge on any atom is -0.370 e. The van der Waals surface area contributed by atoms with Crippen LogP contribution >= 0.6 is 0 Å². The first kappa shape index (κ1) is 18.4. The number of aryl methyl sites for hydroxylation is 1. The molecule has 3 heterocycles. The number of nitrogens with one attached hydrogen (secondary N) is 1. The third-order valence-electron chi connectivity index (χ3n) is 5.79. The summed E-state index contributed by atoms with van der Waals surface area (Å²) in [6.07, 6.45) is 2.45. The number of H-pyrrole nitrogens is 1. The van der Waals surface area contributed by atoms with Gasteiger partial charge in [-0.3, -0.25) is 9.59 Å². The van der Waals surface area contributed by atoms with Crippen LogP contribution in [0.15, 0.2) is 59.5 Å². The van der Waals surface area contributed by atoms with Crippen LogP contribution in [-0.2, 0) is 0 Å². The van der Waals surface area contributed by atoms with E-state index in [2.05, 4.69) is 46.2 Å². The summed E-state index contributed by atoms with van der Waals surface area (Å²) < 4.78 is 1.64. The van der Waals surface area contributed by atoms with Crippen LogP contribution in [0.25, 0.3) is 16.6 Å². The number of fused-ring (bicyclic) bond motifs is 3. The molecule has 0 unspecified atom stereocenters. The topological polar surface area (TPSA) is 73.7 Å². The third kappa shape index (κ3) is 3.12. The number of amides is 1. The van der Waals surface area contributed by atoms with Crippen LogP contribution in [0.4, 0.5) is 5.69 Å². The van der Waals surface area contributed by atoms with Gasteiger partial charge in [0, 0.05) is 31.9 Å². The Bertz CT molecular complexity index is 1290. The summed E-state index contributed by atoms with van der Waals surface area (Å²) in [4.78, 5) is 32.8. The van der Waals surface area contributed by atoms with Gasteiger partial charge in [-0.15, -0.1) is 0 Å². The van der Waals surface area contributed by atoms with Gasteiger partial charge in [0.15, 0.2) is 0 Å². The van der Waals surface area contributed by atoms with Crippen molar-refractivity contribution in [3.8, 4) is 0 Å². The van der Waals surface area contributed by atoms with Crippen molar-refractivity contribution in [1.82, 2.24) is 19.5 Å². The van der Waals surface area contributed by atoms with Gasteiger partial charge >= 0.3 is 0 Å². The molecule has 30 heavy (non-hydrogen) atoms. The predicted octanol–water partition coefficient (Wildman–Crippen LogP) is 2.84. The van der Waals surface area contributed by atoms with E-state index in [-0.39, 0.29) is 11.5 Å². The van der Waals surface area contributed by atoms with Gasteiger partial charge in [-0.25, -0.2) is 4.52 Å². The molecule has 0 atom stereocenters. The number of aromatic nitrogens is 3. The molecule has 152 valence electrons. The third-order valence-corrected chi connectivity index (χ3v) is 5.79. The maximum Gasteiger partial charge on any atom is 0.259 e. The Labute approximate surface area is 173 Å². The molecular weight excluding hydrogens is 378 g/mol. The lowest BCUT2D eigenvalue weighted by Gasteiger charge is -2.23. The SMILES string of the molecule is Cc1ccc(N2CCCN(C(=O)c3cnn4c3[nH]c(=O)c3ccccc34)CC2)cc1. The van der Waals surface area contributed by atoms with E-state index in [0.717, 1.165) is 19.5 Å². The molecule has 2 aromatic heterocycles. The second-order valence-electron chi connectivity index (χ2n) is 7.76. The summed E-state index contributed by atoms with van der Waals surface area (Å²) in [6, 6.07) is 15.8. The second-order valence-corrected chi connectivity index (χ2v) is 7.76. The monoisotopic (exact) mass is 401 g/mol. The van der Waals surface area contributed by atoms with Crippen molar-refractivity contribution in [3.63, 3.8) is 0 Å². The Kier molecular flexibility index (Phi) is 4.50. The first-order valence-corrected chi connectivity index (χ1v) is 10.2. The number of nitrogens with zero attached hydrogens (tertiary/aromatic N) is 4. The molecule has 0 aliphatic carbocycles. The van der Waals surface area contributed by atoms with Crippen molar-refractivity contribution in [1.29, 1.82) is 0 Å². The molecule has 0 spiro atoms. The molecule has 5 rings (SSSR count). The Morgan fingerprint density at radius 2 is 1.80 bits per heavy atom. The largest absolute Gasteiger partial charge is 0.370 e. The van der Waals surface area contributed by atoms with Crippen LogP contribution in [0.5, 0.6) is 0 Å². The zero-order valence-electron chi connectivity index (χ0n) is 16.8. The van der Waals surface area contributed by atoms with E-state index in [1.807, 2.05) is 23.1 Å². The molecule has 7 heteroatoms. The molecule has 1 aliphatic rings. The molecule has 4 aromatic rings. The van der Waals surface area contributed by atoms with Gasteiger partial charge in [0.25, 0.3) is 11.5 Å². The molecule has 0 bridgehead atoms. The molecule has 1 aliphatic heterocycles. The van der Waals surface area contributed by atoms with E-state index >= 15 is 0 Å². The van der Waals surface area contributed by atoms with Crippen LogP contribution in [0.2, 0.25) is 0 Å². The highest BCUT2D eigenvalue weighted by atomic mass is 16.2. The molecule has 1 saturated heterocycles. The molecule has 1 N–H and O–H groups in total.